The highest BCUT2D eigenvalue weighted by Crippen LogP contribution is 2.30. The minimum Gasteiger partial charge on any atom is -0.475 e. The van der Waals surface area contributed by atoms with Gasteiger partial charge in [0.1, 0.15) is 12.7 Å². The van der Waals surface area contributed by atoms with Crippen LogP contribution in [-0.2, 0) is 0 Å². The van der Waals surface area contributed by atoms with Crippen molar-refractivity contribution < 1.29 is 13.5 Å². The summed E-state index contributed by atoms with van der Waals surface area (Å²) in [4.78, 5) is 13.8. The van der Waals surface area contributed by atoms with Crippen LogP contribution in [0.5, 0.6) is 5.88 Å². The fourth-order valence-electron chi connectivity index (χ4n) is 1.24. The molecule has 0 aliphatic heterocycles. The van der Waals surface area contributed by atoms with E-state index in [2.05, 4.69) is 19.9 Å². The van der Waals surface area contributed by atoms with Crippen molar-refractivity contribution in [3.63, 3.8) is 0 Å². The first kappa shape index (κ1) is 17.1. The van der Waals surface area contributed by atoms with Gasteiger partial charge in [0.15, 0.2) is 21.3 Å². The fourth-order valence-corrected chi connectivity index (χ4v) is 1.68. The number of nitrogens with zero attached hydrogens (tertiary/aromatic N) is 4. The van der Waals surface area contributed by atoms with Crippen molar-refractivity contribution in [2.45, 2.75) is 12.8 Å². The van der Waals surface area contributed by atoms with Crippen LogP contribution in [0.25, 0.3) is 0 Å². The van der Waals surface area contributed by atoms with E-state index in [4.69, 9.17) is 39.5 Å². The lowest BCUT2D eigenvalue weighted by molar-refractivity contribution is 0.272. The van der Waals surface area contributed by atoms with E-state index in [9.17, 15) is 8.78 Å². The molecule has 0 N–H and O–H groups in total. The Bertz CT molecular complexity index is 638. The molecule has 1 saturated carbocycles. The van der Waals surface area contributed by atoms with E-state index in [1.807, 2.05) is 0 Å². The van der Waals surface area contributed by atoms with Crippen LogP contribution in [0, 0.1) is 17.6 Å². The smallest absolute Gasteiger partial charge is 0.255 e. The maximum absolute atomic E-state index is 13.1. The fraction of sp³-hybridized carbons (Fsp3) is 0.333. The number of hydrogen-bond acceptors (Lipinski definition) is 5. The normalized spacial score (nSPS) is 13.3. The summed E-state index contributed by atoms with van der Waals surface area (Å²) in [5.41, 5.74) is 0. The Balaban J connectivity index is 0.000000172. The van der Waals surface area contributed by atoms with Gasteiger partial charge in [0.2, 0.25) is 5.82 Å². The Labute approximate surface area is 139 Å². The van der Waals surface area contributed by atoms with Crippen LogP contribution in [-0.4, -0.2) is 26.5 Å². The molecular formula is C12H9Cl3F2N4O. The molecule has 0 radical (unpaired) electrons. The highest BCUT2D eigenvalue weighted by Gasteiger charge is 2.23. The van der Waals surface area contributed by atoms with Crippen LogP contribution >= 0.6 is 34.8 Å². The highest BCUT2D eigenvalue weighted by molar-refractivity contribution is 6.33. The summed E-state index contributed by atoms with van der Waals surface area (Å²) in [6, 6.07) is 0. The number of rotatable bonds is 3. The Kier molecular flexibility index (Phi) is 6.05. The van der Waals surface area contributed by atoms with Crippen molar-refractivity contribution in [3.8, 4) is 5.88 Å². The number of halogens is 5. The zero-order valence-electron chi connectivity index (χ0n) is 10.9. The van der Waals surface area contributed by atoms with Gasteiger partial charge >= 0.3 is 0 Å². The summed E-state index contributed by atoms with van der Waals surface area (Å²) >= 11 is 15.8. The standard InChI is InChI=1S/C8H8ClFN2O.C4HCl2FN2/c9-7-6(10)8(12-4-11-7)13-3-5-1-2-5;5-3-2(7)4(6)9-1-8-3/h4-5H,1-3H2;1H. The van der Waals surface area contributed by atoms with Crippen LogP contribution in [0.1, 0.15) is 12.8 Å². The molecule has 2 aromatic heterocycles. The van der Waals surface area contributed by atoms with Gasteiger partial charge in [-0.1, -0.05) is 34.8 Å². The van der Waals surface area contributed by atoms with Gasteiger partial charge in [0, 0.05) is 0 Å². The maximum atomic E-state index is 13.1. The van der Waals surface area contributed by atoms with Crippen molar-refractivity contribution in [2.75, 3.05) is 6.61 Å². The lowest BCUT2D eigenvalue weighted by Crippen LogP contribution is -2.03. The first-order valence-electron chi connectivity index (χ1n) is 6.09. The number of hydrogen-bond donors (Lipinski definition) is 0. The molecule has 0 bridgehead atoms. The predicted octanol–water partition coefficient (Wildman–Crippen LogP) is 3.98. The first-order valence-corrected chi connectivity index (χ1v) is 7.22. The molecule has 0 unspecified atom stereocenters. The Morgan fingerprint density at radius 3 is 1.91 bits per heavy atom. The summed E-state index contributed by atoms with van der Waals surface area (Å²) in [6.45, 7) is 0.518. The highest BCUT2D eigenvalue weighted by atomic mass is 35.5. The molecule has 1 fully saturated rings. The largest absolute Gasteiger partial charge is 0.475 e. The molecule has 0 aromatic carbocycles. The second-order valence-electron chi connectivity index (χ2n) is 4.31. The van der Waals surface area contributed by atoms with Gasteiger partial charge in [-0.25, -0.2) is 19.3 Å². The van der Waals surface area contributed by atoms with E-state index < -0.39 is 11.6 Å². The first-order chi connectivity index (χ1) is 10.5. The van der Waals surface area contributed by atoms with Crippen LogP contribution in [0.4, 0.5) is 8.78 Å². The summed E-state index contributed by atoms with van der Waals surface area (Å²) in [5, 5.41) is -0.703. The average molecular weight is 370 g/mol. The van der Waals surface area contributed by atoms with Gasteiger partial charge in [-0.2, -0.15) is 9.37 Å². The average Bonchev–Trinajstić information content (AvgIpc) is 3.31. The molecule has 2 aromatic rings. The molecule has 0 spiro atoms. The van der Waals surface area contributed by atoms with Gasteiger partial charge in [-0.05, 0) is 18.8 Å². The molecule has 118 valence electrons. The minimum absolute atomic E-state index is 0.0492. The Morgan fingerprint density at radius 2 is 1.41 bits per heavy atom. The van der Waals surface area contributed by atoms with Crippen molar-refractivity contribution in [2.24, 2.45) is 5.92 Å². The number of aromatic nitrogens is 4. The van der Waals surface area contributed by atoms with E-state index >= 15 is 0 Å². The second-order valence-corrected chi connectivity index (χ2v) is 5.38. The molecule has 1 aliphatic rings. The summed E-state index contributed by atoms with van der Waals surface area (Å²) in [6.07, 6.45) is 4.59. The van der Waals surface area contributed by atoms with E-state index in [-0.39, 0.29) is 21.3 Å². The SMILES string of the molecule is Fc1c(Cl)ncnc1Cl.Fc1c(Cl)ncnc1OCC1CC1. The van der Waals surface area contributed by atoms with Gasteiger partial charge in [0.25, 0.3) is 5.88 Å². The third kappa shape index (κ3) is 4.86. The monoisotopic (exact) mass is 368 g/mol. The van der Waals surface area contributed by atoms with Gasteiger partial charge in [-0.3, -0.25) is 0 Å². The van der Waals surface area contributed by atoms with Crippen molar-refractivity contribution >= 4 is 34.8 Å². The molecule has 2 heterocycles. The van der Waals surface area contributed by atoms with Crippen LogP contribution in [0.2, 0.25) is 15.5 Å². The second kappa shape index (κ2) is 7.80. The Morgan fingerprint density at radius 1 is 0.909 bits per heavy atom. The van der Waals surface area contributed by atoms with Crippen molar-refractivity contribution in [1.29, 1.82) is 0 Å². The van der Waals surface area contributed by atoms with Gasteiger partial charge in [-0.15, -0.1) is 0 Å². The van der Waals surface area contributed by atoms with Crippen LogP contribution in [0.15, 0.2) is 12.7 Å². The van der Waals surface area contributed by atoms with Crippen LogP contribution < -0.4 is 4.74 Å². The van der Waals surface area contributed by atoms with Crippen molar-refractivity contribution in [3.05, 3.63) is 39.7 Å². The zero-order valence-corrected chi connectivity index (χ0v) is 13.2. The molecule has 0 atom stereocenters. The molecule has 22 heavy (non-hydrogen) atoms. The maximum Gasteiger partial charge on any atom is 0.255 e. The lowest BCUT2D eigenvalue weighted by atomic mass is 10.5. The zero-order chi connectivity index (χ0) is 16.1. The summed E-state index contributed by atoms with van der Waals surface area (Å²) in [7, 11) is 0. The summed E-state index contributed by atoms with van der Waals surface area (Å²) in [5.74, 6) is -0.939. The molecule has 0 saturated heterocycles. The lowest BCUT2D eigenvalue weighted by Gasteiger charge is -2.04. The molecular weight excluding hydrogens is 361 g/mol. The minimum atomic E-state index is -0.777. The van der Waals surface area contributed by atoms with E-state index in [1.54, 1.807) is 0 Å². The third-order valence-corrected chi connectivity index (χ3v) is 3.36. The van der Waals surface area contributed by atoms with E-state index in [0.29, 0.717) is 12.5 Å². The van der Waals surface area contributed by atoms with E-state index in [0.717, 1.165) is 19.2 Å². The van der Waals surface area contributed by atoms with Gasteiger partial charge in [0.05, 0.1) is 6.61 Å². The molecule has 5 nitrogen and oxygen atoms in total. The molecule has 0 amide bonds. The molecule has 1 aliphatic carbocycles. The predicted molar refractivity (Wildman–Crippen MR) is 77.2 cm³/mol. The van der Waals surface area contributed by atoms with Gasteiger partial charge < -0.3 is 4.74 Å². The topological polar surface area (TPSA) is 60.8 Å². The van der Waals surface area contributed by atoms with Crippen LogP contribution in [0.3, 0.4) is 0 Å². The van der Waals surface area contributed by atoms with E-state index in [1.165, 1.54) is 6.33 Å². The third-order valence-electron chi connectivity index (χ3n) is 2.57. The molecule has 3 rings (SSSR count). The Hall–Kier alpha value is -1.31. The van der Waals surface area contributed by atoms with Crippen molar-refractivity contribution in [1.82, 2.24) is 19.9 Å². The quantitative estimate of drug-likeness (QED) is 0.766. The number of ether oxygens (including phenoxy) is 1. The summed E-state index contributed by atoms with van der Waals surface area (Å²) < 4.78 is 30.6. The molecule has 10 heteroatoms.